The van der Waals surface area contributed by atoms with Gasteiger partial charge in [-0.1, -0.05) is 110 Å². The zero-order chi connectivity index (χ0) is 91.1. The van der Waals surface area contributed by atoms with E-state index in [0.29, 0.717) is 111 Å². The maximum Gasteiger partial charge on any atom is 0.337 e. The van der Waals surface area contributed by atoms with Crippen LogP contribution in [0.3, 0.4) is 0 Å². The first kappa shape index (κ1) is 97.1. The van der Waals surface area contributed by atoms with Crippen molar-refractivity contribution in [3.05, 3.63) is 238 Å². The fourth-order valence-corrected chi connectivity index (χ4v) is 13.5. The summed E-state index contributed by atoms with van der Waals surface area (Å²) >= 11 is 30.2. The third-order valence-corrected chi connectivity index (χ3v) is 20.1. The van der Waals surface area contributed by atoms with E-state index in [2.05, 4.69) is 118 Å². The van der Waals surface area contributed by atoms with Crippen LogP contribution in [-0.4, -0.2) is 202 Å². The molecule has 11 aromatic heterocycles. The summed E-state index contributed by atoms with van der Waals surface area (Å²) in [6, 6.07) is 23.4. The number of likely N-dealkylation sites (N-methyl/N-ethyl adjacent to an activating group) is 2. The van der Waals surface area contributed by atoms with Crippen molar-refractivity contribution in [2.75, 3.05) is 96.6 Å². The number of rotatable bonds is 25. The highest BCUT2D eigenvalue weighted by Gasteiger charge is 2.40. The third-order valence-electron chi connectivity index (χ3n) is 18.6. The maximum absolute atomic E-state index is 13.5. The number of fused-ring (bicyclic) bond motifs is 3. The summed E-state index contributed by atoms with van der Waals surface area (Å²) in [4.78, 5) is 160. The van der Waals surface area contributed by atoms with Crippen LogP contribution in [0.2, 0.25) is 25.8 Å². The van der Waals surface area contributed by atoms with Crippen LogP contribution < -0.4 is 54.4 Å². The molecule has 125 heavy (non-hydrogen) atoms. The lowest BCUT2D eigenvalue weighted by Gasteiger charge is -2.17. The average molecular weight is 1810 g/mol. The zero-order valence-electron chi connectivity index (χ0n) is 68.9. The highest BCUT2D eigenvalue weighted by molar-refractivity contribution is 6.42. The Kier molecular flexibility index (Phi) is 36.8. The Morgan fingerprint density at radius 3 is 1.34 bits per heavy atom. The number of nitrogens with one attached hydrogen (secondary N) is 4. The van der Waals surface area contributed by atoms with Gasteiger partial charge in [0.05, 0.1) is 107 Å². The quantitative estimate of drug-likeness (QED) is 0.0110. The number of anilines is 7. The first-order chi connectivity index (χ1) is 59.9. The van der Waals surface area contributed by atoms with E-state index in [0.717, 1.165) is 57.2 Å². The molecular weight excluding hydrogens is 1720 g/mol. The number of aromatic amines is 3. The molecule has 3 aliphatic heterocycles. The van der Waals surface area contributed by atoms with Crippen LogP contribution in [0.4, 0.5) is 41.2 Å². The zero-order valence-corrected chi connectivity index (χ0v) is 72.7. The SMILES string of the molecule is CCN(CC)CCN.CCN(CC)CCNC(=O)c1c[nH]c(/C=C2\C(=O)N(Cc3ccccn3)c3nc(N)nc(Cl)c32)c1C.CCOC(=O)Cc1c(Cl)nc(N)nc1Cl.Cc1c(C(=O)O)c[nH]c1/C=C1\C(=O)N(Cc2ccccn2)c2nc(N)nc(Cl)c21.NCc1ccccn1.Nc1nc(Cl)c2c(n1)N(Cc1ccccn1)C(=O)C2.O=Cc1cc(C(=O)O)c[nH]1. The number of carboxylic acid groups (broad SMARTS) is 2. The largest absolute Gasteiger partial charge is 0.478 e. The maximum atomic E-state index is 13.5. The normalized spacial score (nSPS) is 12.7. The summed E-state index contributed by atoms with van der Waals surface area (Å²) < 4.78 is 4.74. The number of halogens is 5. The minimum atomic E-state index is -1.06. The van der Waals surface area contributed by atoms with Gasteiger partial charge >= 0.3 is 17.9 Å². The van der Waals surface area contributed by atoms with Gasteiger partial charge in [-0.15, -0.1) is 0 Å². The van der Waals surface area contributed by atoms with E-state index < -0.39 is 17.9 Å². The lowest BCUT2D eigenvalue weighted by Crippen LogP contribution is -2.34. The number of carbonyl (C=O) groups excluding carboxylic acids is 6. The Morgan fingerprint density at radius 1 is 0.536 bits per heavy atom. The van der Waals surface area contributed by atoms with Gasteiger partial charge in [-0.05, 0) is 125 Å². The number of nitrogen functional groups attached to an aromatic ring is 4. The molecule has 0 bridgehead atoms. The van der Waals surface area contributed by atoms with Crippen LogP contribution in [0.25, 0.3) is 23.3 Å². The van der Waals surface area contributed by atoms with Gasteiger partial charge in [0.2, 0.25) is 29.7 Å². The van der Waals surface area contributed by atoms with Crippen molar-refractivity contribution in [2.24, 2.45) is 11.5 Å². The summed E-state index contributed by atoms with van der Waals surface area (Å²) in [7, 11) is 0. The first-order valence-electron chi connectivity index (χ1n) is 38.6. The van der Waals surface area contributed by atoms with Gasteiger partial charge in [-0.25, -0.2) is 34.5 Å². The predicted molar refractivity (Wildman–Crippen MR) is 477 cm³/mol. The number of nitrogens with zero attached hydrogens (tertiary/aromatic N) is 17. The molecule has 43 heteroatoms. The number of aldehydes is 1. The summed E-state index contributed by atoms with van der Waals surface area (Å²) in [5.41, 5.74) is 41.7. The van der Waals surface area contributed by atoms with Crippen LogP contribution in [0.1, 0.15) is 144 Å². The van der Waals surface area contributed by atoms with Gasteiger partial charge in [0.1, 0.15) is 31.6 Å². The van der Waals surface area contributed by atoms with E-state index in [1.807, 2.05) is 61.5 Å². The molecule has 0 fully saturated rings. The molecule has 0 unspecified atom stereocenters. The lowest BCUT2D eigenvalue weighted by molar-refractivity contribution is -0.142. The highest BCUT2D eigenvalue weighted by atomic mass is 35.5. The molecule has 18 N–H and O–H groups in total. The molecule has 656 valence electrons. The standard InChI is InChI=1S/C25H29ClN8O2.C19H15ClN6O3.C12H10ClN5O.C8H9Cl2N3O2.C6H8N2.C6H16N2.C6H5NO3/c1-4-33(5-2)11-10-29-23(35)18-13-30-19(15(18)3)12-17-20-21(26)31-25(27)32-22(20)34(24(17)36)14-16-8-6-7-9-28-16;1-9-12(18(28)29)7-23-13(9)6-11-14-15(20)24-19(21)25-16(14)26(17(11)27)8-10-4-2-3-5-22-10;13-10-8-5-9(19)18(11(8)17-12(14)16-10)6-7-3-1-2-4-15-7;1-2-15-5(14)3-4-6(9)12-8(11)13-7(4)10;7-5-6-3-1-2-4-8-6;1-3-8(4-2)6-5-7;8-3-5-1-4(2-7-5)6(9)10/h6-9,12-13,30H,4-5,10-11,14H2,1-3H3,(H,29,35)(H2,27,31,32);2-7,23H,8H2,1H3,(H,28,29)(H2,21,24,25);1-4H,5-6H2,(H2,14,16,17);2-3H2,1H3,(H2,11,12,13);1-4H,5,7H2;3-7H2,1-2H3;1-3,7H,(H,9,10)/b17-12-;11-6-;;;;;. The second-order valence-electron chi connectivity index (χ2n) is 26.6. The molecule has 0 saturated heterocycles. The monoisotopic (exact) mass is 1810 g/mol. The summed E-state index contributed by atoms with van der Waals surface area (Å²) in [5.74, 6) is -2.43. The minimum Gasteiger partial charge on any atom is -0.478 e. The number of esters is 1. The molecule has 0 spiro atoms. The van der Waals surface area contributed by atoms with E-state index in [9.17, 15) is 43.5 Å². The van der Waals surface area contributed by atoms with Gasteiger partial charge < -0.3 is 79.4 Å². The molecule has 0 atom stereocenters. The van der Waals surface area contributed by atoms with Crippen molar-refractivity contribution in [3.8, 4) is 0 Å². The number of hydrogen-bond donors (Lipinski definition) is 12. The van der Waals surface area contributed by atoms with Crippen molar-refractivity contribution < 1.29 is 53.3 Å². The molecule has 0 aliphatic carbocycles. The van der Waals surface area contributed by atoms with E-state index in [4.69, 9.17) is 102 Å². The van der Waals surface area contributed by atoms with Gasteiger partial charge in [0.15, 0.2) is 17.9 Å². The van der Waals surface area contributed by atoms with Crippen molar-refractivity contribution in [1.29, 1.82) is 0 Å². The minimum absolute atomic E-state index is 0.0291. The van der Waals surface area contributed by atoms with Crippen molar-refractivity contribution in [1.82, 2.24) is 89.9 Å². The van der Waals surface area contributed by atoms with Crippen molar-refractivity contribution in [2.45, 2.75) is 87.5 Å². The van der Waals surface area contributed by atoms with Gasteiger partial charge in [-0.3, -0.25) is 63.4 Å². The van der Waals surface area contributed by atoms with E-state index >= 15 is 0 Å². The van der Waals surface area contributed by atoms with Crippen molar-refractivity contribution in [3.63, 3.8) is 0 Å². The molecular formula is C82H92Cl5N27O11. The number of ether oxygens (including phenoxy) is 1. The Labute approximate surface area is 742 Å². The summed E-state index contributed by atoms with van der Waals surface area (Å²) in [5, 5.41) is 21.1. The molecule has 0 saturated carbocycles. The van der Waals surface area contributed by atoms with Crippen LogP contribution in [-0.2, 0) is 62.9 Å². The Balaban J connectivity index is 0.000000194. The number of pyridine rings is 4. The topological polar surface area (TPSA) is 573 Å². The number of nitrogens with two attached hydrogens (primary N) is 6. The molecule has 38 nitrogen and oxygen atoms in total. The molecule has 0 radical (unpaired) electrons. The predicted octanol–water partition coefficient (Wildman–Crippen LogP) is 9.45. The van der Waals surface area contributed by atoms with Crippen molar-refractivity contribution >= 4 is 170 Å². The molecule has 0 aromatic carbocycles. The van der Waals surface area contributed by atoms with Crippen LogP contribution in [0, 0.1) is 13.8 Å². The number of aromatic nitrogens is 15. The van der Waals surface area contributed by atoms with Gasteiger partial charge in [0, 0.05) is 98.6 Å². The summed E-state index contributed by atoms with van der Waals surface area (Å²) in [6.07, 6.45) is 14.9. The van der Waals surface area contributed by atoms with Crippen LogP contribution in [0.5, 0.6) is 0 Å². The van der Waals surface area contributed by atoms with E-state index in [1.165, 1.54) is 33.2 Å². The second-order valence-corrected chi connectivity index (χ2v) is 28.4. The summed E-state index contributed by atoms with van der Waals surface area (Å²) in [6.45, 7) is 22.4. The molecule has 14 rings (SSSR count). The number of amides is 4. The number of hydrogen-bond acceptors (Lipinski definition) is 29. The Bertz CT molecular complexity index is 5620. The number of carboxylic acids is 2. The molecule has 4 amide bonds. The average Bonchev–Trinajstić information content (AvgIpc) is 1.60. The van der Waals surface area contributed by atoms with Gasteiger partial charge in [-0.2, -0.15) is 15.0 Å². The molecule has 14 heterocycles. The number of aromatic carboxylic acids is 2. The second kappa shape index (κ2) is 47.4. The Hall–Kier alpha value is -13.3. The highest BCUT2D eigenvalue weighted by Crippen LogP contribution is 2.44. The fraction of sp³-hybridized carbons (Fsp3) is 0.268. The lowest BCUT2D eigenvalue weighted by atomic mass is 10.1. The first-order valence-corrected chi connectivity index (χ1v) is 40.5. The number of carbonyl (C=O) groups is 8. The molecule has 11 aromatic rings. The van der Waals surface area contributed by atoms with Crippen LogP contribution >= 0.6 is 58.0 Å². The van der Waals surface area contributed by atoms with Crippen LogP contribution in [0.15, 0.2) is 122 Å². The molecule has 3 aliphatic rings. The number of H-pyrrole nitrogens is 3. The van der Waals surface area contributed by atoms with Gasteiger partial charge in [0.25, 0.3) is 17.7 Å². The van der Waals surface area contributed by atoms with E-state index in [1.54, 1.807) is 75.2 Å². The van der Waals surface area contributed by atoms with E-state index in [-0.39, 0.29) is 127 Å². The fourth-order valence-electron chi connectivity index (χ4n) is 12.1. The third kappa shape index (κ3) is 26.6. The Morgan fingerprint density at radius 2 is 0.960 bits per heavy atom. The smallest absolute Gasteiger partial charge is 0.337 e.